The second-order valence-electron chi connectivity index (χ2n) is 4.45. The van der Waals surface area contributed by atoms with Crippen LogP contribution in [0.3, 0.4) is 0 Å². The summed E-state index contributed by atoms with van der Waals surface area (Å²) in [6.45, 7) is 6.32. The minimum atomic E-state index is 0.386. The van der Waals surface area contributed by atoms with Gasteiger partial charge in [-0.1, -0.05) is 29.8 Å². The van der Waals surface area contributed by atoms with Crippen LogP contribution in [0.4, 0.5) is 5.69 Å². The molecular formula is C13H16BrN3. The molecular weight excluding hydrogens is 278 g/mol. The van der Waals surface area contributed by atoms with Gasteiger partial charge in [0.1, 0.15) is 0 Å². The van der Waals surface area contributed by atoms with Gasteiger partial charge in [0, 0.05) is 21.1 Å². The minimum Gasteiger partial charge on any atom is -0.323 e. The van der Waals surface area contributed by atoms with Gasteiger partial charge >= 0.3 is 0 Å². The van der Waals surface area contributed by atoms with Gasteiger partial charge in [0.15, 0.2) is 0 Å². The molecule has 0 saturated heterocycles. The van der Waals surface area contributed by atoms with Crippen molar-refractivity contribution in [3.63, 3.8) is 0 Å². The Balaban J connectivity index is 2.87. The van der Waals surface area contributed by atoms with Crippen LogP contribution in [0.2, 0.25) is 0 Å². The number of rotatable bonds is 2. The van der Waals surface area contributed by atoms with Crippen LogP contribution in [0.25, 0.3) is 10.9 Å². The summed E-state index contributed by atoms with van der Waals surface area (Å²) >= 11 is 3.48. The van der Waals surface area contributed by atoms with Crippen LogP contribution in [0.5, 0.6) is 0 Å². The van der Waals surface area contributed by atoms with E-state index in [1.165, 1.54) is 5.56 Å². The van der Waals surface area contributed by atoms with Crippen molar-refractivity contribution in [1.29, 1.82) is 0 Å². The molecule has 90 valence electrons. The molecule has 4 heteroatoms. The first-order chi connectivity index (χ1) is 8.04. The van der Waals surface area contributed by atoms with E-state index in [0.717, 1.165) is 26.8 Å². The molecule has 3 nitrogen and oxygen atoms in total. The number of nitrogen functional groups attached to an aromatic ring is 1. The Morgan fingerprint density at radius 2 is 2.06 bits per heavy atom. The molecule has 0 unspecified atom stereocenters. The van der Waals surface area contributed by atoms with Gasteiger partial charge in [-0.15, -0.1) is 0 Å². The van der Waals surface area contributed by atoms with Crippen LogP contribution < -0.4 is 11.3 Å². The lowest BCUT2D eigenvalue weighted by atomic mass is 9.97. The zero-order chi connectivity index (χ0) is 12.6. The third-order valence-electron chi connectivity index (χ3n) is 2.90. The van der Waals surface area contributed by atoms with E-state index in [0.29, 0.717) is 5.92 Å². The fraction of sp³-hybridized carbons (Fsp3) is 0.308. The number of nitrogens with zero attached hydrogens (tertiary/aromatic N) is 1. The number of anilines is 1. The number of aromatic nitrogens is 1. The number of hydrazine groups is 1. The minimum absolute atomic E-state index is 0.386. The number of halogens is 1. The fourth-order valence-electron chi connectivity index (χ4n) is 2.23. The van der Waals surface area contributed by atoms with Gasteiger partial charge in [0.2, 0.25) is 0 Å². The summed E-state index contributed by atoms with van der Waals surface area (Å²) in [5.41, 5.74) is 6.97. The summed E-state index contributed by atoms with van der Waals surface area (Å²) in [5, 5.41) is 1.05. The molecule has 0 amide bonds. The fourth-order valence-corrected chi connectivity index (χ4v) is 2.60. The standard InChI is InChI=1S/C13H16BrN3/c1-7(2)12-8(3)16-11-5-4-9(14)6-10(11)13(12)17-15/h4-7H,15H2,1-3H3,(H,16,17). The van der Waals surface area contributed by atoms with Crippen molar-refractivity contribution < 1.29 is 0 Å². The van der Waals surface area contributed by atoms with Crippen molar-refractivity contribution in [3.8, 4) is 0 Å². The van der Waals surface area contributed by atoms with E-state index in [9.17, 15) is 0 Å². The normalized spacial score (nSPS) is 11.2. The molecule has 0 spiro atoms. The molecule has 0 saturated carbocycles. The van der Waals surface area contributed by atoms with Crippen molar-refractivity contribution >= 4 is 32.5 Å². The van der Waals surface area contributed by atoms with Crippen LogP contribution >= 0.6 is 15.9 Å². The van der Waals surface area contributed by atoms with E-state index < -0.39 is 0 Å². The predicted molar refractivity (Wildman–Crippen MR) is 76.1 cm³/mol. The van der Waals surface area contributed by atoms with E-state index in [-0.39, 0.29) is 0 Å². The van der Waals surface area contributed by atoms with Gasteiger partial charge in [-0.2, -0.15) is 0 Å². The van der Waals surface area contributed by atoms with Crippen molar-refractivity contribution in [2.45, 2.75) is 26.7 Å². The SMILES string of the molecule is Cc1nc2ccc(Br)cc2c(NN)c1C(C)C. The Labute approximate surface area is 110 Å². The molecule has 3 N–H and O–H groups in total. The van der Waals surface area contributed by atoms with Gasteiger partial charge in [0.05, 0.1) is 11.2 Å². The second kappa shape index (κ2) is 4.63. The zero-order valence-electron chi connectivity index (χ0n) is 10.2. The molecule has 0 aliphatic heterocycles. The Hall–Kier alpha value is -1.13. The molecule has 1 aromatic heterocycles. The molecule has 0 bridgehead atoms. The lowest BCUT2D eigenvalue weighted by Gasteiger charge is -2.17. The second-order valence-corrected chi connectivity index (χ2v) is 5.36. The maximum absolute atomic E-state index is 5.68. The Bertz CT molecular complexity index is 564. The van der Waals surface area contributed by atoms with Crippen molar-refractivity contribution in [2.24, 2.45) is 5.84 Å². The highest BCUT2D eigenvalue weighted by Crippen LogP contribution is 2.34. The first kappa shape index (κ1) is 12.3. The Morgan fingerprint density at radius 3 is 2.65 bits per heavy atom. The van der Waals surface area contributed by atoms with Crippen LogP contribution in [-0.2, 0) is 0 Å². The lowest BCUT2D eigenvalue weighted by Crippen LogP contribution is -2.12. The van der Waals surface area contributed by atoms with Gasteiger partial charge in [-0.3, -0.25) is 10.8 Å². The Morgan fingerprint density at radius 1 is 1.35 bits per heavy atom. The summed E-state index contributed by atoms with van der Waals surface area (Å²) in [4.78, 5) is 4.63. The summed E-state index contributed by atoms with van der Waals surface area (Å²) < 4.78 is 1.03. The number of aryl methyl sites for hydroxylation is 1. The first-order valence-electron chi connectivity index (χ1n) is 5.61. The molecule has 0 radical (unpaired) electrons. The predicted octanol–water partition coefficient (Wildman–Crippen LogP) is 3.71. The monoisotopic (exact) mass is 293 g/mol. The van der Waals surface area contributed by atoms with Crippen molar-refractivity contribution in [2.75, 3.05) is 5.43 Å². The van der Waals surface area contributed by atoms with E-state index in [1.54, 1.807) is 0 Å². The molecule has 1 aromatic carbocycles. The molecule has 17 heavy (non-hydrogen) atoms. The number of hydrogen-bond acceptors (Lipinski definition) is 3. The smallest absolute Gasteiger partial charge is 0.0727 e. The third-order valence-corrected chi connectivity index (χ3v) is 3.39. The molecule has 2 rings (SSSR count). The highest BCUT2D eigenvalue weighted by Gasteiger charge is 2.14. The highest BCUT2D eigenvalue weighted by atomic mass is 79.9. The topological polar surface area (TPSA) is 50.9 Å². The van der Waals surface area contributed by atoms with Crippen LogP contribution in [-0.4, -0.2) is 4.98 Å². The molecule has 0 aliphatic rings. The van der Waals surface area contributed by atoms with Gasteiger partial charge in [-0.05, 0) is 31.0 Å². The summed E-state index contributed by atoms with van der Waals surface area (Å²) in [5.74, 6) is 6.07. The van der Waals surface area contributed by atoms with Gasteiger partial charge in [0.25, 0.3) is 0 Å². The zero-order valence-corrected chi connectivity index (χ0v) is 11.8. The highest BCUT2D eigenvalue weighted by molar-refractivity contribution is 9.10. The number of nitrogens with two attached hydrogens (primary N) is 1. The van der Waals surface area contributed by atoms with E-state index in [4.69, 9.17) is 5.84 Å². The van der Waals surface area contributed by atoms with E-state index >= 15 is 0 Å². The summed E-state index contributed by atoms with van der Waals surface area (Å²) in [6.07, 6.45) is 0. The first-order valence-corrected chi connectivity index (χ1v) is 6.40. The average molecular weight is 294 g/mol. The summed E-state index contributed by atoms with van der Waals surface area (Å²) in [6, 6.07) is 6.03. The molecule has 2 aromatic rings. The quantitative estimate of drug-likeness (QED) is 0.655. The van der Waals surface area contributed by atoms with Crippen LogP contribution in [0.1, 0.15) is 31.0 Å². The molecule has 1 heterocycles. The number of pyridine rings is 1. The number of nitrogens with one attached hydrogen (secondary N) is 1. The number of fused-ring (bicyclic) bond motifs is 1. The van der Waals surface area contributed by atoms with Gasteiger partial charge in [-0.25, -0.2) is 0 Å². The van der Waals surface area contributed by atoms with Crippen molar-refractivity contribution in [3.05, 3.63) is 33.9 Å². The average Bonchev–Trinajstić information content (AvgIpc) is 2.27. The maximum atomic E-state index is 5.68. The molecule has 0 atom stereocenters. The van der Waals surface area contributed by atoms with E-state index in [2.05, 4.69) is 40.2 Å². The number of hydrogen-bond donors (Lipinski definition) is 2. The van der Waals surface area contributed by atoms with Gasteiger partial charge < -0.3 is 5.43 Å². The largest absolute Gasteiger partial charge is 0.323 e. The molecule has 0 fully saturated rings. The van der Waals surface area contributed by atoms with E-state index in [1.807, 2.05) is 25.1 Å². The third kappa shape index (κ3) is 2.15. The Kier molecular flexibility index (Phi) is 3.35. The summed E-state index contributed by atoms with van der Waals surface area (Å²) in [7, 11) is 0. The number of benzene rings is 1. The van der Waals surface area contributed by atoms with Crippen LogP contribution in [0, 0.1) is 6.92 Å². The molecule has 0 aliphatic carbocycles. The van der Waals surface area contributed by atoms with Crippen LogP contribution in [0.15, 0.2) is 22.7 Å². The maximum Gasteiger partial charge on any atom is 0.0727 e. The lowest BCUT2D eigenvalue weighted by molar-refractivity contribution is 0.848. The van der Waals surface area contributed by atoms with Crippen molar-refractivity contribution in [1.82, 2.24) is 4.98 Å².